The Kier molecular flexibility index (Phi) is 6.90. The number of fused-ring (bicyclic) bond motifs is 7. The lowest BCUT2D eigenvalue weighted by atomic mass is 9.98. The van der Waals surface area contributed by atoms with Crippen LogP contribution in [-0.4, -0.2) is 17.8 Å². The molecular formula is C27H24F6S4. The van der Waals surface area contributed by atoms with Gasteiger partial charge in [0.2, 0.25) is 0 Å². The molecular weight excluding hydrogens is 567 g/mol. The topological polar surface area (TPSA) is 0 Å². The Balaban J connectivity index is 1.78. The first-order valence-corrected chi connectivity index (χ1v) is 15.5. The largest absolute Gasteiger partial charge is 0.380 e. The standard InChI is InChI=1S/C27H24F6S4/c1-13-19-11-34-9-17-7-5-6-8-18(17)10-35-12-20-14(2)24(37-16(20)4)22-21(23(13)36-15(19)3)25(28,29)27(32,33)26(22,30)31/h5-8H,9-12H2,1-4H3. The van der Waals surface area contributed by atoms with Crippen molar-refractivity contribution in [2.75, 3.05) is 0 Å². The van der Waals surface area contributed by atoms with Crippen molar-refractivity contribution in [3.05, 3.63) is 77.2 Å². The zero-order valence-electron chi connectivity index (χ0n) is 20.5. The zero-order valence-corrected chi connectivity index (χ0v) is 23.8. The molecule has 198 valence electrons. The van der Waals surface area contributed by atoms with E-state index in [0.717, 1.165) is 33.8 Å². The molecule has 1 aliphatic carbocycles. The summed E-state index contributed by atoms with van der Waals surface area (Å²) in [7, 11) is 0. The molecule has 5 rings (SSSR count). The fourth-order valence-corrected chi connectivity index (χ4v) is 10.2. The first-order valence-electron chi connectivity index (χ1n) is 11.6. The highest BCUT2D eigenvalue weighted by molar-refractivity contribution is 7.98. The molecule has 0 N–H and O–H groups in total. The molecule has 3 aromatic rings. The Morgan fingerprint density at radius 2 is 0.973 bits per heavy atom. The van der Waals surface area contributed by atoms with Crippen molar-refractivity contribution < 1.29 is 26.3 Å². The third kappa shape index (κ3) is 4.03. The number of benzene rings is 1. The van der Waals surface area contributed by atoms with Crippen LogP contribution in [-0.2, 0) is 23.0 Å². The van der Waals surface area contributed by atoms with Gasteiger partial charge in [-0.25, -0.2) is 0 Å². The smallest absolute Gasteiger partial charge is 0.194 e. The van der Waals surface area contributed by atoms with Gasteiger partial charge in [-0.3, -0.25) is 0 Å². The molecule has 3 heterocycles. The van der Waals surface area contributed by atoms with Crippen LogP contribution in [0.1, 0.15) is 52.9 Å². The van der Waals surface area contributed by atoms with E-state index in [9.17, 15) is 8.78 Å². The van der Waals surface area contributed by atoms with E-state index in [1.54, 1.807) is 51.2 Å². The van der Waals surface area contributed by atoms with Crippen LogP contribution in [0.5, 0.6) is 0 Å². The number of hydrogen-bond acceptors (Lipinski definition) is 4. The molecule has 4 bridgehead atoms. The first kappa shape index (κ1) is 27.2. The van der Waals surface area contributed by atoms with Crippen LogP contribution < -0.4 is 0 Å². The van der Waals surface area contributed by atoms with Gasteiger partial charge in [0, 0.05) is 42.5 Å². The van der Waals surface area contributed by atoms with Crippen molar-refractivity contribution in [2.24, 2.45) is 0 Å². The van der Waals surface area contributed by atoms with Crippen LogP contribution in [0.15, 0.2) is 24.3 Å². The molecule has 0 saturated carbocycles. The van der Waals surface area contributed by atoms with Gasteiger partial charge in [0.05, 0.1) is 11.1 Å². The number of alkyl halides is 6. The normalized spacial score (nSPS) is 20.6. The molecule has 37 heavy (non-hydrogen) atoms. The van der Waals surface area contributed by atoms with E-state index in [1.807, 2.05) is 12.1 Å². The van der Waals surface area contributed by atoms with Crippen LogP contribution >= 0.6 is 46.2 Å². The summed E-state index contributed by atoms with van der Waals surface area (Å²) in [5.74, 6) is -13.2. The lowest BCUT2D eigenvalue weighted by Gasteiger charge is -2.25. The second kappa shape index (κ2) is 9.38. The third-order valence-electron chi connectivity index (χ3n) is 7.19. The van der Waals surface area contributed by atoms with Crippen molar-refractivity contribution in [3.63, 3.8) is 0 Å². The van der Waals surface area contributed by atoms with Crippen molar-refractivity contribution in [1.29, 1.82) is 0 Å². The van der Waals surface area contributed by atoms with Crippen LogP contribution in [0.25, 0.3) is 11.1 Å². The third-order valence-corrected chi connectivity index (χ3v) is 11.7. The van der Waals surface area contributed by atoms with Gasteiger partial charge in [-0.1, -0.05) is 24.3 Å². The zero-order chi connectivity index (χ0) is 26.9. The minimum Gasteiger partial charge on any atom is -0.194 e. The maximum Gasteiger partial charge on any atom is 0.380 e. The van der Waals surface area contributed by atoms with Gasteiger partial charge < -0.3 is 0 Å². The van der Waals surface area contributed by atoms with Gasteiger partial charge in [0.1, 0.15) is 0 Å². The minimum absolute atomic E-state index is 0.168. The van der Waals surface area contributed by atoms with Gasteiger partial charge in [0.25, 0.3) is 0 Å². The van der Waals surface area contributed by atoms with E-state index < -0.39 is 28.9 Å². The van der Waals surface area contributed by atoms with E-state index in [4.69, 9.17) is 0 Å². The van der Waals surface area contributed by atoms with Crippen molar-refractivity contribution in [3.8, 4) is 0 Å². The maximum absolute atomic E-state index is 15.4. The Morgan fingerprint density at radius 3 is 1.35 bits per heavy atom. The fraction of sp³-hybridized carbons (Fsp3) is 0.407. The molecule has 0 spiro atoms. The molecule has 0 saturated heterocycles. The monoisotopic (exact) mass is 590 g/mol. The summed E-state index contributed by atoms with van der Waals surface area (Å²) in [6.07, 6.45) is 0. The van der Waals surface area contributed by atoms with Gasteiger partial charge in [-0.05, 0) is 61.1 Å². The van der Waals surface area contributed by atoms with Crippen LogP contribution in [0.3, 0.4) is 0 Å². The molecule has 0 nitrogen and oxygen atoms in total. The Labute approximate surface area is 228 Å². The average Bonchev–Trinajstić information content (AvgIpc) is 3.29. The summed E-state index contributed by atoms with van der Waals surface area (Å²) in [4.78, 5) is 1.01. The predicted octanol–water partition coefficient (Wildman–Crippen LogP) is 10.1. The molecule has 0 fully saturated rings. The highest BCUT2D eigenvalue weighted by Gasteiger charge is 2.80. The van der Waals surface area contributed by atoms with Gasteiger partial charge >= 0.3 is 17.8 Å². The quantitative estimate of drug-likeness (QED) is 0.239. The summed E-state index contributed by atoms with van der Waals surface area (Å²) < 4.78 is 91.4. The van der Waals surface area contributed by atoms with E-state index in [2.05, 4.69) is 12.1 Å². The van der Waals surface area contributed by atoms with E-state index in [-0.39, 0.29) is 9.75 Å². The molecule has 0 unspecified atom stereocenters. The Morgan fingerprint density at radius 1 is 0.595 bits per heavy atom. The molecule has 0 amide bonds. The molecule has 1 aliphatic heterocycles. The number of halogens is 6. The molecule has 0 atom stereocenters. The van der Waals surface area contributed by atoms with Crippen LogP contribution in [0, 0.1) is 27.7 Å². The summed E-state index contributed by atoms with van der Waals surface area (Å²) in [5.41, 5.74) is 2.16. The first-order chi connectivity index (χ1) is 17.3. The predicted molar refractivity (Wildman–Crippen MR) is 146 cm³/mol. The fourth-order valence-electron chi connectivity index (χ4n) is 4.98. The van der Waals surface area contributed by atoms with E-state index >= 15 is 17.6 Å². The molecule has 10 heteroatoms. The van der Waals surface area contributed by atoms with Crippen LogP contribution in [0.4, 0.5) is 26.3 Å². The Hall–Kier alpha value is -1.36. The minimum atomic E-state index is -5.53. The number of allylic oxidation sites excluding steroid dienone is 2. The summed E-state index contributed by atoms with van der Waals surface area (Å²) in [5, 5.41) is 0. The van der Waals surface area contributed by atoms with Crippen molar-refractivity contribution >= 4 is 57.3 Å². The lowest BCUT2D eigenvalue weighted by Crippen LogP contribution is -2.48. The number of thiophene rings is 2. The molecule has 0 radical (unpaired) electrons. The number of aryl methyl sites for hydroxylation is 2. The van der Waals surface area contributed by atoms with Crippen molar-refractivity contribution in [2.45, 2.75) is 68.5 Å². The van der Waals surface area contributed by atoms with Gasteiger partial charge in [0.15, 0.2) is 0 Å². The SMILES string of the molecule is Cc1sc2c(C)c1CSCc1ccccc1CSCc1c(C)sc(c1C)C1=C2C(F)(F)C(F)(F)C1(F)F. The van der Waals surface area contributed by atoms with E-state index in [1.165, 1.54) is 11.1 Å². The highest BCUT2D eigenvalue weighted by atomic mass is 32.2. The second-order valence-corrected chi connectivity index (χ2v) is 13.8. The van der Waals surface area contributed by atoms with Crippen molar-refractivity contribution in [1.82, 2.24) is 0 Å². The number of thioether (sulfide) groups is 2. The molecule has 2 aromatic heterocycles. The highest BCUT2D eigenvalue weighted by Crippen LogP contribution is 2.66. The van der Waals surface area contributed by atoms with Crippen LogP contribution in [0.2, 0.25) is 0 Å². The van der Waals surface area contributed by atoms with E-state index in [0.29, 0.717) is 43.9 Å². The summed E-state index contributed by atoms with van der Waals surface area (Å²) in [6.45, 7) is 6.63. The lowest BCUT2D eigenvalue weighted by molar-refractivity contribution is -0.254. The summed E-state index contributed by atoms with van der Waals surface area (Å²) in [6, 6.07) is 8.11. The second-order valence-electron chi connectivity index (χ2n) is 9.41. The molecule has 1 aromatic carbocycles. The number of rotatable bonds is 0. The Bertz CT molecular complexity index is 1310. The molecule has 2 aliphatic rings. The average molecular weight is 591 g/mol. The maximum atomic E-state index is 15.4. The summed E-state index contributed by atoms with van der Waals surface area (Å²) >= 11 is 5.02. The number of hydrogen-bond donors (Lipinski definition) is 0. The van der Waals surface area contributed by atoms with Gasteiger partial charge in [-0.15, -0.1) is 22.7 Å². The van der Waals surface area contributed by atoms with Gasteiger partial charge in [-0.2, -0.15) is 49.9 Å².